The van der Waals surface area contributed by atoms with Crippen LogP contribution in [0.15, 0.2) is 18.3 Å². The summed E-state index contributed by atoms with van der Waals surface area (Å²) in [6.45, 7) is 6.52. The molecule has 0 aromatic carbocycles. The molecule has 3 heteroatoms. The van der Waals surface area contributed by atoms with Crippen LogP contribution in [-0.2, 0) is 0 Å². The van der Waals surface area contributed by atoms with Crippen LogP contribution in [0.1, 0.15) is 57.7 Å². The Morgan fingerprint density at radius 3 is 2.90 bits per heavy atom. The van der Waals surface area contributed by atoms with E-state index in [4.69, 9.17) is 0 Å². The van der Waals surface area contributed by atoms with E-state index in [9.17, 15) is 0 Å². The topological polar surface area (TPSA) is 28.2 Å². The van der Waals surface area contributed by atoms with Crippen LogP contribution in [0.25, 0.3) is 0 Å². The second-order valence-corrected chi connectivity index (χ2v) is 6.31. The molecule has 20 heavy (non-hydrogen) atoms. The molecule has 1 aromatic heterocycles. The molecule has 110 valence electrons. The Kier molecular flexibility index (Phi) is 4.25. The van der Waals surface area contributed by atoms with Gasteiger partial charge in [0.25, 0.3) is 0 Å². The van der Waals surface area contributed by atoms with E-state index >= 15 is 0 Å². The summed E-state index contributed by atoms with van der Waals surface area (Å²) in [7, 11) is 0. The highest BCUT2D eigenvalue weighted by Crippen LogP contribution is 2.38. The van der Waals surface area contributed by atoms with Crippen molar-refractivity contribution < 1.29 is 0 Å². The molecule has 0 spiro atoms. The van der Waals surface area contributed by atoms with E-state index in [1.807, 2.05) is 0 Å². The molecular weight excluding hydrogens is 246 g/mol. The number of nitrogens with zero attached hydrogens (tertiary/aromatic N) is 2. The van der Waals surface area contributed by atoms with Gasteiger partial charge in [0.05, 0.1) is 17.6 Å². The number of piperidine rings is 1. The first-order valence-electron chi connectivity index (χ1n) is 8.25. The van der Waals surface area contributed by atoms with Crippen molar-refractivity contribution in [3.05, 3.63) is 24.0 Å². The van der Waals surface area contributed by atoms with E-state index in [1.54, 1.807) is 0 Å². The van der Waals surface area contributed by atoms with Crippen LogP contribution < -0.4 is 10.2 Å². The fraction of sp³-hybridized carbons (Fsp3) is 0.706. The van der Waals surface area contributed by atoms with Crippen molar-refractivity contribution in [1.29, 1.82) is 0 Å². The minimum Gasteiger partial charge on any atom is -0.367 e. The summed E-state index contributed by atoms with van der Waals surface area (Å²) in [4.78, 5) is 7.30. The summed E-state index contributed by atoms with van der Waals surface area (Å²) in [5.41, 5.74) is 2.48. The number of rotatable bonds is 4. The highest BCUT2D eigenvalue weighted by Gasteiger charge is 2.35. The second kappa shape index (κ2) is 6.13. The summed E-state index contributed by atoms with van der Waals surface area (Å²) >= 11 is 0. The Bertz CT molecular complexity index is 428. The second-order valence-electron chi connectivity index (χ2n) is 6.31. The molecule has 3 unspecified atom stereocenters. The molecule has 2 fully saturated rings. The van der Waals surface area contributed by atoms with Gasteiger partial charge in [-0.15, -0.1) is 0 Å². The van der Waals surface area contributed by atoms with Gasteiger partial charge >= 0.3 is 0 Å². The third-order valence-corrected chi connectivity index (χ3v) is 5.05. The first kappa shape index (κ1) is 13.9. The number of nitrogens with one attached hydrogen (secondary N) is 1. The summed E-state index contributed by atoms with van der Waals surface area (Å²) in [5.74, 6) is 0.934. The Labute approximate surface area is 122 Å². The normalized spacial score (nSPS) is 27.4. The zero-order chi connectivity index (χ0) is 13.9. The van der Waals surface area contributed by atoms with Crippen molar-refractivity contribution in [1.82, 2.24) is 10.3 Å². The first-order valence-corrected chi connectivity index (χ1v) is 8.25. The lowest BCUT2D eigenvalue weighted by Crippen LogP contribution is -2.42. The molecule has 1 saturated heterocycles. The summed E-state index contributed by atoms with van der Waals surface area (Å²) in [5, 5.41) is 3.42. The average Bonchev–Trinajstić information content (AvgIpc) is 2.96. The van der Waals surface area contributed by atoms with Crippen molar-refractivity contribution in [2.45, 2.75) is 58.0 Å². The quantitative estimate of drug-likeness (QED) is 0.909. The van der Waals surface area contributed by atoms with Gasteiger partial charge in [0.1, 0.15) is 0 Å². The average molecular weight is 273 g/mol. The van der Waals surface area contributed by atoms with Crippen molar-refractivity contribution in [2.24, 2.45) is 5.92 Å². The lowest BCUT2D eigenvalue weighted by molar-refractivity contribution is 0.362. The molecule has 1 aliphatic carbocycles. The van der Waals surface area contributed by atoms with Crippen LogP contribution in [0, 0.1) is 5.92 Å². The zero-order valence-electron chi connectivity index (χ0n) is 12.8. The highest BCUT2D eigenvalue weighted by atomic mass is 15.2. The third kappa shape index (κ3) is 2.69. The Hall–Kier alpha value is -1.09. The molecule has 0 amide bonds. The fourth-order valence-electron chi connectivity index (χ4n) is 4.01. The lowest BCUT2D eigenvalue weighted by Gasteiger charge is -2.39. The zero-order valence-corrected chi connectivity index (χ0v) is 12.8. The standard InChI is InChI=1S/C17H27N3/c1-3-18-13(2)16-10-9-15(12-19-16)20-11-5-7-14-6-4-8-17(14)20/h9-10,12-14,17-18H,3-8,11H2,1-2H3. The van der Waals surface area contributed by atoms with Crippen LogP contribution in [-0.4, -0.2) is 24.1 Å². The Morgan fingerprint density at radius 2 is 2.15 bits per heavy atom. The van der Waals surface area contributed by atoms with Crippen molar-refractivity contribution in [2.75, 3.05) is 18.0 Å². The molecule has 2 aliphatic rings. The fourth-order valence-corrected chi connectivity index (χ4v) is 4.01. The molecule has 3 nitrogen and oxygen atoms in total. The van der Waals surface area contributed by atoms with E-state index in [2.05, 4.69) is 47.4 Å². The molecule has 1 N–H and O–H groups in total. The number of anilines is 1. The van der Waals surface area contributed by atoms with E-state index in [0.717, 1.165) is 24.2 Å². The number of hydrogen-bond donors (Lipinski definition) is 1. The van der Waals surface area contributed by atoms with Crippen LogP contribution in [0.4, 0.5) is 5.69 Å². The maximum atomic E-state index is 4.68. The van der Waals surface area contributed by atoms with Gasteiger partial charge in [0, 0.05) is 18.6 Å². The predicted molar refractivity (Wildman–Crippen MR) is 84.0 cm³/mol. The molecule has 1 saturated carbocycles. The smallest absolute Gasteiger partial charge is 0.0572 e. The van der Waals surface area contributed by atoms with Gasteiger partial charge in [-0.1, -0.05) is 13.3 Å². The van der Waals surface area contributed by atoms with E-state index in [-0.39, 0.29) is 0 Å². The van der Waals surface area contributed by atoms with Crippen molar-refractivity contribution in [3.8, 4) is 0 Å². The van der Waals surface area contributed by atoms with Crippen LogP contribution in [0.3, 0.4) is 0 Å². The maximum absolute atomic E-state index is 4.68. The minimum absolute atomic E-state index is 0.342. The third-order valence-electron chi connectivity index (χ3n) is 5.05. The highest BCUT2D eigenvalue weighted by molar-refractivity contribution is 5.47. The summed E-state index contributed by atoms with van der Waals surface area (Å²) in [6.07, 6.45) is 9.09. The van der Waals surface area contributed by atoms with Crippen LogP contribution in [0.2, 0.25) is 0 Å². The van der Waals surface area contributed by atoms with Gasteiger partial charge in [0.15, 0.2) is 0 Å². The van der Waals surface area contributed by atoms with E-state index in [0.29, 0.717) is 6.04 Å². The number of aromatic nitrogens is 1. The Morgan fingerprint density at radius 1 is 1.30 bits per heavy atom. The molecule has 3 atom stereocenters. The summed E-state index contributed by atoms with van der Waals surface area (Å²) in [6, 6.07) is 5.59. The molecular formula is C17H27N3. The maximum Gasteiger partial charge on any atom is 0.0572 e. The van der Waals surface area contributed by atoms with Gasteiger partial charge in [-0.2, -0.15) is 0 Å². The molecule has 1 aromatic rings. The molecule has 1 aliphatic heterocycles. The van der Waals surface area contributed by atoms with Crippen LogP contribution in [0.5, 0.6) is 0 Å². The van der Waals surface area contributed by atoms with Gasteiger partial charge in [0.2, 0.25) is 0 Å². The van der Waals surface area contributed by atoms with Crippen LogP contribution >= 0.6 is 0 Å². The lowest BCUT2D eigenvalue weighted by atomic mass is 9.91. The number of pyridine rings is 1. The SMILES string of the molecule is CCNC(C)c1ccc(N2CCCC3CCCC32)cn1. The van der Waals surface area contributed by atoms with Gasteiger partial charge in [-0.3, -0.25) is 4.98 Å². The van der Waals surface area contributed by atoms with Gasteiger partial charge in [-0.25, -0.2) is 0 Å². The largest absolute Gasteiger partial charge is 0.367 e. The Balaban J connectivity index is 1.73. The number of fused-ring (bicyclic) bond motifs is 1. The van der Waals surface area contributed by atoms with Gasteiger partial charge in [-0.05, 0) is 57.2 Å². The monoisotopic (exact) mass is 273 g/mol. The number of hydrogen-bond acceptors (Lipinski definition) is 3. The molecule has 2 heterocycles. The first-order chi connectivity index (χ1) is 9.79. The summed E-state index contributed by atoms with van der Waals surface area (Å²) < 4.78 is 0. The molecule has 0 bridgehead atoms. The molecule has 3 rings (SSSR count). The van der Waals surface area contributed by atoms with Gasteiger partial charge < -0.3 is 10.2 Å². The minimum atomic E-state index is 0.342. The van der Waals surface area contributed by atoms with E-state index in [1.165, 1.54) is 44.3 Å². The predicted octanol–water partition coefficient (Wildman–Crippen LogP) is 3.52. The van der Waals surface area contributed by atoms with Crippen molar-refractivity contribution in [3.63, 3.8) is 0 Å². The molecule has 0 radical (unpaired) electrons. The van der Waals surface area contributed by atoms with E-state index < -0.39 is 0 Å². The van der Waals surface area contributed by atoms with Crippen molar-refractivity contribution >= 4 is 5.69 Å².